The van der Waals surface area contributed by atoms with E-state index in [9.17, 15) is 9.59 Å². The predicted octanol–water partition coefficient (Wildman–Crippen LogP) is 3.03. The van der Waals surface area contributed by atoms with Gasteiger partial charge >= 0.3 is 0 Å². The lowest BCUT2D eigenvalue weighted by Crippen LogP contribution is -2.50. The predicted molar refractivity (Wildman–Crippen MR) is 119 cm³/mol. The molecule has 0 bridgehead atoms. The molecule has 1 fully saturated rings. The molecular weight excluding hydrogens is 378 g/mol. The quantitative estimate of drug-likeness (QED) is 0.764. The minimum atomic E-state index is -0.00907. The first-order valence-electron chi connectivity index (χ1n) is 10.5. The van der Waals surface area contributed by atoms with Gasteiger partial charge in [0.15, 0.2) is 0 Å². The minimum Gasteiger partial charge on any atom is -0.497 e. The summed E-state index contributed by atoms with van der Waals surface area (Å²) in [6.07, 6.45) is 1.19. The zero-order valence-corrected chi connectivity index (χ0v) is 18.1. The number of nitrogens with one attached hydrogen (secondary N) is 1. The van der Waals surface area contributed by atoms with E-state index in [1.54, 1.807) is 7.11 Å². The maximum absolute atomic E-state index is 12.6. The summed E-state index contributed by atoms with van der Waals surface area (Å²) in [6.45, 7) is 7.09. The summed E-state index contributed by atoms with van der Waals surface area (Å²) >= 11 is 0. The van der Waals surface area contributed by atoms with Crippen LogP contribution < -0.4 is 10.1 Å². The number of methoxy groups -OCH3 is 1. The van der Waals surface area contributed by atoms with Gasteiger partial charge in [0, 0.05) is 38.3 Å². The van der Waals surface area contributed by atoms with E-state index in [0.717, 1.165) is 28.1 Å². The number of aryl methyl sites for hydroxylation is 3. The lowest BCUT2D eigenvalue weighted by atomic mass is 10.1. The van der Waals surface area contributed by atoms with E-state index < -0.39 is 0 Å². The van der Waals surface area contributed by atoms with Crippen LogP contribution in [0.2, 0.25) is 0 Å². The summed E-state index contributed by atoms with van der Waals surface area (Å²) in [7, 11) is 1.65. The molecule has 160 valence electrons. The Morgan fingerprint density at radius 1 is 1.00 bits per heavy atom. The largest absolute Gasteiger partial charge is 0.497 e. The highest BCUT2D eigenvalue weighted by molar-refractivity contribution is 5.93. The fourth-order valence-corrected chi connectivity index (χ4v) is 3.79. The van der Waals surface area contributed by atoms with Crippen LogP contribution in [-0.2, 0) is 16.0 Å². The molecule has 1 heterocycles. The smallest absolute Gasteiger partial charge is 0.238 e. The topological polar surface area (TPSA) is 61.9 Å². The summed E-state index contributed by atoms with van der Waals surface area (Å²) < 4.78 is 5.24. The molecule has 0 aliphatic carbocycles. The third-order valence-corrected chi connectivity index (χ3v) is 5.60. The molecule has 0 radical (unpaired) electrons. The van der Waals surface area contributed by atoms with E-state index in [2.05, 4.69) is 10.2 Å². The van der Waals surface area contributed by atoms with Gasteiger partial charge in [0.05, 0.1) is 13.7 Å². The van der Waals surface area contributed by atoms with Gasteiger partial charge in [0.2, 0.25) is 11.8 Å². The Labute approximate surface area is 178 Å². The van der Waals surface area contributed by atoms with Crippen molar-refractivity contribution in [3.05, 3.63) is 59.2 Å². The average molecular weight is 410 g/mol. The van der Waals surface area contributed by atoms with Crippen molar-refractivity contribution in [2.45, 2.75) is 26.7 Å². The van der Waals surface area contributed by atoms with Crippen molar-refractivity contribution in [1.82, 2.24) is 9.80 Å². The summed E-state index contributed by atoms with van der Waals surface area (Å²) in [5.41, 5.74) is 4.13. The molecule has 0 saturated carbocycles. The van der Waals surface area contributed by atoms with Crippen molar-refractivity contribution in [3.63, 3.8) is 0 Å². The van der Waals surface area contributed by atoms with Crippen molar-refractivity contribution in [2.24, 2.45) is 0 Å². The zero-order chi connectivity index (χ0) is 21.5. The number of hydrogen-bond acceptors (Lipinski definition) is 4. The SMILES string of the molecule is COc1cccc(CCC(=O)N2CCN(CC(=O)Nc3c(C)cccc3C)CC2)c1. The van der Waals surface area contributed by atoms with Crippen LogP contribution in [0.3, 0.4) is 0 Å². The zero-order valence-electron chi connectivity index (χ0n) is 18.1. The van der Waals surface area contributed by atoms with Crippen LogP contribution >= 0.6 is 0 Å². The second-order valence-corrected chi connectivity index (χ2v) is 7.82. The van der Waals surface area contributed by atoms with Crippen molar-refractivity contribution in [1.29, 1.82) is 0 Å². The molecule has 0 spiro atoms. The number of hydrogen-bond donors (Lipinski definition) is 1. The number of carbonyl (C=O) groups is 2. The number of benzene rings is 2. The standard InChI is InChI=1S/C24H31N3O3/c1-18-6-4-7-19(2)24(18)25-22(28)17-26-12-14-27(15-13-26)23(29)11-10-20-8-5-9-21(16-20)30-3/h4-9,16H,10-15,17H2,1-3H3,(H,25,28). The second kappa shape index (κ2) is 10.3. The number of carbonyl (C=O) groups excluding carboxylic acids is 2. The normalized spacial score (nSPS) is 14.4. The van der Waals surface area contributed by atoms with E-state index >= 15 is 0 Å². The van der Waals surface area contributed by atoms with Crippen molar-refractivity contribution in [2.75, 3.05) is 45.2 Å². The molecule has 2 aromatic carbocycles. The average Bonchev–Trinajstić information content (AvgIpc) is 2.75. The van der Waals surface area contributed by atoms with Crippen LogP contribution in [0.25, 0.3) is 0 Å². The maximum atomic E-state index is 12.6. The molecule has 0 aromatic heterocycles. The number of nitrogens with zero attached hydrogens (tertiary/aromatic N) is 2. The first kappa shape index (κ1) is 21.8. The minimum absolute atomic E-state index is 0.00907. The lowest BCUT2D eigenvalue weighted by Gasteiger charge is -2.34. The highest BCUT2D eigenvalue weighted by Gasteiger charge is 2.22. The molecule has 2 aromatic rings. The molecular formula is C24H31N3O3. The van der Waals surface area contributed by atoms with E-state index in [0.29, 0.717) is 45.6 Å². The number of rotatable bonds is 7. The molecule has 0 unspecified atom stereocenters. The fourth-order valence-electron chi connectivity index (χ4n) is 3.79. The molecule has 1 aliphatic heterocycles. The first-order chi connectivity index (χ1) is 14.5. The molecule has 1 aliphatic rings. The van der Waals surface area contributed by atoms with Crippen LogP contribution in [0.5, 0.6) is 5.75 Å². The van der Waals surface area contributed by atoms with Crippen LogP contribution in [0.15, 0.2) is 42.5 Å². The van der Waals surface area contributed by atoms with Crippen LogP contribution in [-0.4, -0.2) is 61.4 Å². The number of amides is 2. The third kappa shape index (κ3) is 5.83. The molecule has 30 heavy (non-hydrogen) atoms. The van der Waals surface area contributed by atoms with Crippen molar-refractivity contribution < 1.29 is 14.3 Å². The molecule has 6 nitrogen and oxygen atoms in total. The van der Waals surface area contributed by atoms with Crippen LogP contribution in [0.1, 0.15) is 23.1 Å². The van der Waals surface area contributed by atoms with Gasteiger partial charge in [-0.2, -0.15) is 0 Å². The van der Waals surface area contributed by atoms with Crippen LogP contribution in [0.4, 0.5) is 5.69 Å². The third-order valence-electron chi connectivity index (χ3n) is 5.60. The van der Waals surface area contributed by atoms with Crippen molar-refractivity contribution >= 4 is 17.5 Å². The lowest BCUT2D eigenvalue weighted by molar-refractivity contribution is -0.133. The van der Waals surface area contributed by atoms with Gasteiger partial charge in [-0.15, -0.1) is 0 Å². The van der Waals surface area contributed by atoms with Gasteiger partial charge in [-0.05, 0) is 49.1 Å². The van der Waals surface area contributed by atoms with Crippen molar-refractivity contribution in [3.8, 4) is 5.75 Å². The van der Waals surface area contributed by atoms with Gasteiger partial charge in [-0.1, -0.05) is 30.3 Å². The Hall–Kier alpha value is -2.86. The second-order valence-electron chi connectivity index (χ2n) is 7.82. The molecule has 2 amide bonds. The van der Waals surface area contributed by atoms with Gasteiger partial charge in [-0.25, -0.2) is 0 Å². The molecule has 3 rings (SSSR count). The summed E-state index contributed by atoms with van der Waals surface area (Å²) in [5.74, 6) is 0.968. The fraction of sp³-hybridized carbons (Fsp3) is 0.417. The van der Waals surface area contributed by atoms with Crippen LogP contribution in [0, 0.1) is 13.8 Å². The van der Waals surface area contributed by atoms with Gasteiger partial charge < -0.3 is 15.0 Å². The first-order valence-corrected chi connectivity index (χ1v) is 10.5. The highest BCUT2D eigenvalue weighted by atomic mass is 16.5. The number of para-hydroxylation sites is 1. The number of ether oxygens (including phenoxy) is 1. The molecule has 1 N–H and O–H groups in total. The van der Waals surface area contributed by atoms with E-state index in [-0.39, 0.29) is 11.8 Å². The number of anilines is 1. The molecule has 1 saturated heterocycles. The summed E-state index contributed by atoms with van der Waals surface area (Å²) in [6, 6.07) is 13.8. The highest BCUT2D eigenvalue weighted by Crippen LogP contribution is 2.19. The Morgan fingerprint density at radius 3 is 2.33 bits per heavy atom. The Balaban J connectivity index is 1.42. The Bertz CT molecular complexity index is 869. The van der Waals surface area contributed by atoms with Gasteiger partial charge in [0.1, 0.15) is 5.75 Å². The molecule has 0 atom stereocenters. The monoisotopic (exact) mass is 409 g/mol. The Kier molecular flexibility index (Phi) is 7.46. The van der Waals surface area contributed by atoms with E-state index in [4.69, 9.17) is 4.74 Å². The van der Waals surface area contributed by atoms with Gasteiger partial charge in [-0.3, -0.25) is 14.5 Å². The molecule has 6 heteroatoms. The summed E-state index contributed by atoms with van der Waals surface area (Å²) in [5, 5.41) is 3.04. The number of piperazine rings is 1. The van der Waals surface area contributed by atoms with Gasteiger partial charge in [0.25, 0.3) is 0 Å². The summed E-state index contributed by atoms with van der Waals surface area (Å²) in [4.78, 5) is 29.0. The van der Waals surface area contributed by atoms with E-state index in [1.165, 1.54) is 0 Å². The van der Waals surface area contributed by atoms with E-state index in [1.807, 2.05) is 61.2 Å². The maximum Gasteiger partial charge on any atom is 0.238 e. The Morgan fingerprint density at radius 2 is 1.67 bits per heavy atom.